The van der Waals surface area contributed by atoms with Crippen LogP contribution in [0.15, 0.2) is 36.5 Å². The summed E-state index contributed by atoms with van der Waals surface area (Å²) in [4.78, 5) is 31.3. The lowest BCUT2D eigenvalue weighted by Crippen LogP contribution is -2.52. The van der Waals surface area contributed by atoms with Gasteiger partial charge in [0.25, 0.3) is 0 Å². The van der Waals surface area contributed by atoms with E-state index in [0.29, 0.717) is 36.8 Å². The first-order valence-corrected chi connectivity index (χ1v) is 16.3. The quantitative estimate of drug-likeness (QED) is 0.374. The Morgan fingerprint density at radius 2 is 1.93 bits per heavy atom. The fourth-order valence-electron chi connectivity index (χ4n) is 6.49. The Bertz CT molecular complexity index is 1350. The fraction of sp³-hybridized carbons (Fsp3) is 0.594. The smallest absolute Gasteiger partial charge is 0.248 e. The number of hydrogen-bond acceptors (Lipinski definition) is 11. The molecule has 4 saturated heterocycles. The Labute approximate surface area is 270 Å². The number of hydrogen-bond donors (Lipinski definition) is 2. The third-order valence-corrected chi connectivity index (χ3v) is 9.26. The summed E-state index contributed by atoms with van der Waals surface area (Å²) in [5.41, 5.74) is 2.46. The summed E-state index contributed by atoms with van der Waals surface area (Å²) in [6.07, 6.45) is 7.67. The number of carbonyl (C=O) groups excluding carboxylic acids is 1. The summed E-state index contributed by atoms with van der Waals surface area (Å²) in [5.74, 6) is 0.437. The van der Waals surface area contributed by atoms with Crippen molar-refractivity contribution in [3.63, 3.8) is 0 Å². The zero-order valence-corrected chi connectivity index (χ0v) is 27.2. The average molecular weight is 641 g/mol. The van der Waals surface area contributed by atoms with E-state index in [4.69, 9.17) is 25.8 Å². The zero-order chi connectivity index (χ0) is 31.3. The molecule has 0 saturated carbocycles. The van der Waals surface area contributed by atoms with E-state index in [-0.39, 0.29) is 30.1 Å². The average Bonchev–Trinajstić information content (AvgIpc) is 3.65. The van der Waals surface area contributed by atoms with E-state index in [9.17, 15) is 4.79 Å². The molecule has 244 valence electrons. The number of nitrogens with zero attached hydrogens (tertiary/aromatic N) is 6. The molecule has 4 fully saturated rings. The number of ether oxygens (including phenoxy) is 3. The second kappa shape index (κ2) is 14.6. The molecule has 6 rings (SSSR count). The van der Waals surface area contributed by atoms with E-state index in [1.54, 1.807) is 6.08 Å². The number of fused-ring (bicyclic) bond motifs is 1. The van der Waals surface area contributed by atoms with Crippen molar-refractivity contribution in [2.75, 3.05) is 95.7 Å². The number of benzene rings is 1. The molecule has 2 N–H and O–H groups in total. The summed E-state index contributed by atoms with van der Waals surface area (Å²) in [7, 11) is 6.13. The van der Waals surface area contributed by atoms with Gasteiger partial charge in [0, 0.05) is 70.2 Å². The number of carbonyl (C=O) groups is 1. The third-order valence-electron chi connectivity index (χ3n) is 9.00. The van der Waals surface area contributed by atoms with Crippen LogP contribution in [0.3, 0.4) is 0 Å². The van der Waals surface area contributed by atoms with Crippen molar-refractivity contribution in [1.82, 2.24) is 24.7 Å². The van der Waals surface area contributed by atoms with Crippen molar-refractivity contribution >= 4 is 40.5 Å². The lowest BCUT2D eigenvalue weighted by molar-refractivity contribution is -0.111. The van der Waals surface area contributed by atoms with Crippen LogP contribution in [0.25, 0.3) is 0 Å². The Kier molecular flexibility index (Phi) is 10.4. The minimum absolute atomic E-state index is 0.0515. The van der Waals surface area contributed by atoms with E-state index in [1.165, 1.54) is 6.20 Å². The topological polar surface area (TPSA) is 108 Å². The predicted octanol–water partition coefficient (Wildman–Crippen LogP) is 3.08. The molecule has 3 atom stereocenters. The van der Waals surface area contributed by atoms with Gasteiger partial charge in [-0.2, -0.15) is 4.98 Å². The highest BCUT2D eigenvalue weighted by molar-refractivity contribution is 6.31. The van der Waals surface area contributed by atoms with Crippen LogP contribution in [0.1, 0.15) is 19.3 Å². The summed E-state index contributed by atoms with van der Waals surface area (Å²) < 4.78 is 17.7. The van der Waals surface area contributed by atoms with Crippen molar-refractivity contribution in [2.45, 2.75) is 43.6 Å². The normalized spacial score (nSPS) is 24.8. The lowest BCUT2D eigenvalue weighted by Gasteiger charge is -2.43. The van der Waals surface area contributed by atoms with E-state index >= 15 is 0 Å². The minimum Gasteiger partial charge on any atom is -0.468 e. The highest BCUT2D eigenvalue weighted by Crippen LogP contribution is 2.35. The van der Waals surface area contributed by atoms with Gasteiger partial charge in [-0.15, -0.1) is 0 Å². The number of likely N-dealkylation sites (N-methyl/N-ethyl adjacent to an activating group) is 2. The van der Waals surface area contributed by atoms with Gasteiger partial charge in [0.15, 0.2) is 6.10 Å². The maximum Gasteiger partial charge on any atom is 0.248 e. The Morgan fingerprint density at radius 3 is 2.71 bits per heavy atom. The number of piperidine rings is 1. The molecule has 13 heteroatoms. The number of nitrogens with one attached hydrogen (secondary N) is 2. The highest BCUT2D eigenvalue weighted by Gasteiger charge is 2.43. The Hall–Kier alpha value is -3.00. The molecular formula is C32H45ClN8O4. The molecule has 0 spiro atoms. The summed E-state index contributed by atoms with van der Waals surface area (Å²) >= 11 is 6.41. The predicted molar refractivity (Wildman–Crippen MR) is 176 cm³/mol. The SMILES string of the molecule is CN(C)C/C=C/C(=O)Nc1cc(Nc2ncc(Cl)c(O[C@@H]3CO[C@@H]4CCO[C@@H]43)n2)ccc1N1CCC(N2CCN(C)CC2)CC1. The van der Waals surface area contributed by atoms with Crippen LogP contribution in [-0.4, -0.2) is 135 Å². The molecular weight excluding hydrogens is 596 g/mol. The molecule has 1 amide bonds. The van der Waals surface area contributed by atoms with Gasteiger partial charge >= 0.3 is 0 Å². The standard InChI is InChI=1S/C32H45ClN8O4/c1-38(2)11-4-5-29(42)36-25-19-22(6-7-26(25)41-12-8-23(9-13-41)40-16-14-39(3)15-17-40)35-32-34-20-24(33)31(37-32)45-28-21-44-27-10-18-43-30(27)28/h4-7,19-20,23,27-28,30H,8-18,21H2,1-3H3,(H,36,42)(H,34,35,37)/b5-4+/t27-,28-,30+/m1/s1. The van der Waals surface area contributed by atoms with E-state index in [2.05, 4.69) is 48.4 Å². The molecule has 0 unspecified atom stereocenters. The van der Waals surface area contributed by atoms with Crippen LogP contribution in [0, 0.1) is 0 Å². The van der Waals surface area contributed by atoms with Crippen LogP contribution < -0.4 is 20.3 Å². The number of aromatic nitrogens is 2. The van der Waals surface area contributed by atoms with E-state index < -0.39 is 0 Å². The molecule has 1 aromatic carbocycles. The molecule has 2 aromatic rings. The van der Waals surface area contributed by atoms with Crippen LogP contribution in [-0.2, 0) is 14.3 Å². The number of anilines is 4. The number of rotatable bonds is 10. The molecule has 0 aliphatic carbocycles. The molecule has 0 bridgehead atoms. The van der Waals surface area contributed by atoms with Crippen molar-refractivity contribution in [2.24, 2.45) is 0 Å². The first-order chi connectivity index (χ1) is 21.8. The van der Waals surface area contributed by atoms with Crippen molar-refractivity contribution in [3.05, 3.63) is 41.6 Å². The van der Waals surface area contributed by atoms with Gasteiger partial charge < -0.3 is 39.5 Å². The van der Waals surface area contributed by atoms with Gasteiger partial charge in [-0.3, -0.25) is 9.69 Å². The zero-order valence-electron chi connectivity index (χ0n) is 26.5. The second-order valence-electron chi connectivity index (χ2n) is 12.6. The van der Waals surface area contributed by atoms with Crippen LogP contribution >= 0.6 is 11.6 Å². The van der Waals surface area contributed by atoms with Gasteiger partial charge in [-0.1, -0.05) is 17.7 Å². The fourth-order valence-corrected chi connectivity index (χ4v) is 6.63. The van der Waals surface area contributed by atoms with E-state index in [0.717, 1.165) is 75.6 Å². The summed E-state index contributed by atoms with van der Waals surface area (Å²) in [6, 6.07) is 6.57. The molecule has 5 heterocycles. The second-order valence-corrected chi connectivity index (χ2v) is 13.0. The maximum atomic E-state index is 13.0. The molecule has 4 aliphatic rings. The van der Waals surface area contributed by atoms with Crippen LogP contribution in [0.5, 0.6) is 5.88 Å². The molecule has 4 aliphatic heterocycles. The van der Waals surface area contributed by atoms with E-state index in [1.807, 2.05) is 37.2 Å². The summed E-state index contributed by atoms with van der Waals surface area (Å²) in [5, 5.41) is 6.71. The monoisotopic (exact) mass is 640 g/mol. The number of piperazine rings is 1. The Balaban J connectivity index is 1.16. The first-order valence-electron chi connectivity index (χ1n) is 16.0. The van der Waals surface area contributed by atoms with Crippen LogP contribution in [0.4, 0.5) is 23.0 Å². The highest BCUT2D eigenvalue weighted by atomic mass is 35.5. The first kappa shape index (κ1) is 32.0. The largest absolute Gasteiger partial charge is 0.468 e. The lowest BCUT2D eigenvalue weighted by atomic mass is 10.0. The maximum absolute atomic E-state index is 13.0. The molecule has 0 radical (unpaired) electrons. The van der Waals surface area contributed by atoms with Gasteiger partial charge in [-0.05, 0) is 58.6 Å². The van der Waals surface area contributed by atoms with Crippen molar-refractivity contribution in [3.8, 4) is 5.88 Å². The van der Waals surface area contributed by atoms with Crippen molar-refractivity contribution in [1.29, 1.82) is 0 Å². The van der Waals surface area contributed by atoms with Gasteiger partial charge in [0.1, 0.15) is 11.1 Å². The Morgan fingerprint density at radius 1 is 1.13 bits per heavy atom. The number of amides is 1. The van der Waals surface area contributed by atoms with Gasteiger partial charge in [0.2, 0.25) is 17.7 Å². The van der Waals surface area contributed by atoms with Gasteiger partial charge in [0.05, 0.1) is 30.3 Å². The third kappa shape index (κ3) is 8.05. The summed E-state index contributed by atoms with van der Waals surface area (Å²) in [6.45, 7) is 8.15. The molecule has 45 heavy (non-hydrogen) atoms. The van der Waals surface area contributed by atoms with Crippen molar-refractivity contribution < 1.29 is 19.0 Å². The number of halogens is 1. The molecule has 1 aromatic heterocycles. The van der Waals surface area contributed by atoms with Gasteiger partial charge in [-0.25, -0.2) is 4.98 Å². The minimum atomic E-state index is -0.278. The molecule has 12 nitrogen and oxygen atoms in total. The van der Waals surface area contributed by atoms with Crippen LogP contribution in [0.2, 0.25) is 5.02 Å².